The van der Waals surface area contributed by atoms with Crippen LogP contribution in [0.3, 0.4) is 0 Å². The Morgan fingerprint density at radius 1 is 1.36 bits per heavy atom. The summed E-state index contributed by atoms with van der Waals surface area (Å²) in [6, 6.07) is 8.17. The van der Waals surface area contributed by atoms with E-state index >= 15 is 0 Å². The van der Waals surface area contributed by atoms with Gasteiger partial charge in [0.25, 0.3) is 5.91 Å². The maximum Gasteiger partial charge on any atom is 0.327 e. The van der Waals surface area contributed by atoms with Gasteiger partial charge in [-0.1, -0.05) is 60.4 Å². The number of hydrogen-bond donors (Lipinski definition) is 2. The number of carboxylic acids is 1. The van der Waals surface area contributed by atoms with Crippen molar-refractivity contribution in [2.45, 2.75) is 19.4 Å². The molecule has 1 aliphatic rings. The van der Waals surface area contributed by atoms with Crippen molar-refractivity contribution in [1.82, 2.24) is 4.90 Å². The van der Waals surface area contributed by atoms with Crippen LogP contribution >= 0.6 is 24.0 Å². The number of carbonyl (C=O) groups is 3. The molecule has 2 rings (SSSR count). The lowest BCUT2D eigenvalue weighted by Gasteiger charge is -2.21. The summed E-state index contributed by atoms with van der Waals surface area (Å²) in [5, 5.41) is 9.28. The highest BCUT2D eigenvalue weighted by Crippen LogP contribution is 2.34. The molecule has 25 heavy (non-hydrogen) atoms. The minimum absolute atomic E-state index is 0.0948. The highest BCUT2D eigenvalue weighted by molar-refractivity contribution is 8.26. The van der Waals surface area contributed by atoms with Crippen molar-refractivity contribution in [2.75, 3.05) is 0 Å². The predicted molar refractivity (Wildman–Crippen MR) is 100 cm³/mol. The maximum atomic E-state index is 12.5. The van der Waals surface area contributed by atoms with Gasteiger partial charge in [0.05, 0.1) is 11.3 Å². The molecule has 2 amide bonds. The number of thiocarbonyl (C=S) groups is 1. The Kier molecular flexibility index (Phi) is 6.11. The molecule has 3 N–H and O–H groups in total. The van der Waals surface area contributed by atoms with Gasteiger partial charge in [-0.05, 0) is 24.1 Å². The lowest BCUT2D eigenvalue weighted by atomic mass is 10.1. The average molecular weight is 376 g/mol. The molecule has 0 radical (unpaired) electrons. The molecule has 0 spiro atoms. The monoisotopic (exact) mass is 376 g/mol. The van der Waals surface area contributed by atoms with Gasteiger partial charge in [-0.25, -0.2) is 4.79 Å². The summed E-state index contributed by atoms with van der Waals surface area (Å²) in [4.78, 5) is 36.3. The molecule has 0 aromatic heterocycles. The number of allylic oxidation sites excluding steroid dienone is 2. The minimum atomic E-state index is -1.39. The quantitative estimate of drug-likeness (QED) is 0.583. The number of nitrogens with zero attached hydrogens (tertiary/aromatic N) is 1. The summed E-state index contributed by atoms with van der Waals surface area (Å²) in [6.45, 7) is 1.83. The van der Waals surface area contributed by atoms with Gasteiger partial charge in [0.2, 0.25) is 5.91 Å². The van der Waals surface area contributed by atoms with E-state index in [-0.39, 0.29) is 4.32 Å². The Balaban J connectivity index is 2.26. The van der Waals surface area contributed by atoms with E-state index in [9.17, 15) is 19.5 Å². The number of benzene rings is 1. The topological polar surface area (TPSA) is 101 Å². The second-order valence-electron chi connectivity index (χ2n) is 5.38. The Bertz CT molecular complexity index is 787. The molecular weight excluding hydrogens is 360 g/mol. The molecule has 1 saturated heterocycles. The zero-order chi connectivity index (χ0) is 18.6. The van der Waals surface area contributed by atoms with E-state index in [1.165, 1.54) is 0 Å². The fraction of sp³-hybridized carbons (Fsp3) is 0.176. The summed E-state index contributed by atoms with van der Waals surface area (Å²) in [5.74, 6) is -2.68. The van der Waals surface area contributed by atoms with Crippen LogP contribution in [0.4, 0.5) is 0 Å². The number of hydrogen-bond acceptors (Lipinski definition) is 5. The first-order chi connectivity index (χ1) is 11.8. The molecule has 8 heteroatoms. The number of rotatable bonds is 6. The van der Waals surface area contributed by atoms with Gasteiger partial charge in [-0.2, -0.15) is 0 Å². The van der Waals surface area contributed by atoms with Crippen molar-refractivity contribution < 1.29 is 19.5 Å². The van der Waals surface area contributed by atoms with E-state index in [0.717, 1.165) is 27.8 Å². The second kappa shape index (κ2) is 8.09. The Morgan fingerprint density at radius 2 is 2.00 bits per heavy atom. The third-order valence-corrected chi connectivity index (χ3v) is 4.70. The summed E-state index contributed by atoms with van der Waals surface area (Å²) >= 11 is 6.12. The fourth-order valence-corrected chi connectivity index (χ4v) is 3.70. The molecule has 1 fully saturated rings. The van der Waals surface area contributed by atoms with E-state index in [0.29, 0.717) is 4.91 Å². The molecule has 1 atom stereocenters. The third-order valence-electron chi connectivity index (χ3n) is 3.37. The van der Waals surface area contributed by atoms with E-state index in [4.69, 9.17) is 18.0 Å². The largest absolute Gasteiger partial charge is 0.480 e. The highest BCUT2D eigenvalue weighted by Gasteiger charge is 2.41. The molecule has 0 saturated carbocycles. The van der Waals surface area contributed by atoms with Gasteiger partial charge in [-0.15, -0.1) is 0 Å². The third kappa shape index (κ3) is 4.77. The average Bonchev–Trinajstić information content (AvgIpc) is 2.79. The zero-order valence-corrected chi connectivity index (χ0v) is 15.0. The summed E-state index contributed by atoms with van der Waals surface area (Å²) < 4.78 is 0.0948. The molecule has 0 aliphatic carbocycles. The van der Waals surface area contributed by atoms with Gasteiger partial charge >= 0.3 is 5.97 Å². The van der Waals surface area contributed by atoms with Gasteiger partial charge in [0.15, 0.2) is 0 Å². The summed E-state index contributed by atoms with van der Waals surface area (Å²) in [6.07, 6.45) is 3.05. The first-order valence-corrected chi connectivity index (χ1v) is 8.53. The van der Waals surface area contributed by atoms with Crippen molar-refractivity contribution in [2.24, 2.45) is 5.73 Å². The lowest BCUT2D eigenvalue weighted by Crippen LogP contribution is -2.46. The van der Waals surface area contributed by atoms with Crippen molar-refractivity contribution >= 4 is 52.2 Å². The number of amides is 2. The molecular formula is C17H16N2O4S2. The minimum Gasteiger partial charge on any atom is -0.480 e. The van der Waals surface area contributed by atoms with Crippen LogP contribution in [0.15, 0.2) is 46.9 Å². The molecule has 1 aromatic rings. The van der Waals surface area contributed by atoms with Gasteiger partial charge in [0.1, 0.15) is 10.4 Å². The van der Waals surface area contributed by atoms with Crippen LogP contribution in [0.1, 0.15) is 18.9 Å². The van der Waals surface area contributed by atoms with Gasteiger partial charge in [0, 0.05) is 0 Å². The number of nitrogens with two attached hydrogens (primary N) is 1. The standard InChI is InChI=1S/C17H16N2O4S2/c1-10(7-11-5-3-2-4-6-11)8-13-15(21)19(17(24)25-13)12(16(22)23)9-14(18)20/h2-8,12H,9H2,1H3,(H2,18,20)(H,22,23)/b10-7+,13-8-. The number of carboxylic acid groups (broad SMARTS) is 1. The molecule has 1 aromatic carbocycles. The van der Waals surface area contributed by atoms with Crippen LogP contribution in [-0.4, -0.2) is 38.2 Å². The summed E-state index contributed by atoms with van der Waals surface area (Å²) in [7, 11) is 0. The van der Waals surface area contributed by atoms with Crippen molar-refractivity contribution in [3.05, 3.63) is 52.4 Å². The van der Waals surface area contributed by atoms with E-state index in [1.807, 2.05) is 43.3 Å². The van der Waals surface area contributed by atoms with Crippen molar-refractivity contribution in [3.63, 3.8) is 0 Å². The first-order valence-electron chi connectivity index (χ1n) is 7.31. The van der Waals surface area contributed by atoms with Gasteiger partial charge in [-0.3, -0.25) is 14.5 Å². The molecule has 1 unspecified atom stereocenters. The summed E-state index contributed by atoms with van der Waals surface area (Å²) in [5.41, 5.74) is 6.87. The second-order valence-corrected chi connectivity index (χ2v) is 7.05. The number of carbonyl (C=O) groups excluding carboxylic acids is 2. The first kappa shape index (κ1) is 18.9. The lowest BCUT2D eigenvalue weighted by molar-refractivity contribution is -0.146. The van der Waals surface area contributed by atoms with Crippen LogP contribution < -0.4 is 5.73 Å². The number of thioether (sulfide) groups is 1. The Morgan fingerprint density at radius 3 is 2.56 bits per heavy atom. The predicted octanol–water partition coefficient (Wildman–Crippen LogP) is 2.16. The van der Waals surface area contributed by atoms with Crippen LogP contribution in [0, 0.1) is 0 Å². The molecule has 130 valence electrons. The molecule has 6 nitrogen and oxygen atoms in total. The van der Waals surface area contributed by atoms with Crippen LogP contribution in [0.5, 0.6) is 0 Å². The van der Waals surface area contributed by atoms with Crippen LogP contribution in [-0.2, 0) is 14.4 Å². The SMILES string of the molecule is CC(/C=C1\SC(=S)N(C(CC(N)=O)C(=O)O)C1=O)=C\c1ccccc1. The van der Waals surface area contributed by atoms with Crippen molar-refractivity contribution in [3.8, 4) is 0 Å². The van der Waals surface area contributed by atoms with E-state index in [2.05, 4.69) is 0 Å². The van der Waals surface area contributed by atoms with E-state index < -0.39 is 30.2 Å². The van der Waals surface area contributed by atoms with Crippen molar-refractivity contribution in [1.29, 1.82) is 0 Å². The van der Waals surface area contributed by atoms with Crippen LogP contribution in [0.2, 0.25) is 0 Å². The van der Waals surface area contributed by atoms with Crippen LogP contribution in [0.25, 0.3) is 6.08 Å². The molecule has 1 aliphatic heterocycles. The fourth-order valence-electron chi connectivity index (χ4n) is 2.29. The molecule has 0 bridgehead atoms. The highest BCUT2D eigenvalue weighted by atomic mass is 32.2. The maximum absolute atomic E-state index is 12.5. The Labute approximate surface area is 154 Å². The Hall–Kier alpha value is -2.45. The number of aliphatic carboxylic acids is 1. The van der Waals surface area contributed by atoms with Gasteiger partial charge < -0.3 is 10.8 Å². The number of primary amides is 1. The molecule has 1 heterocycles. The van der Waals surface area contributed by atoms with E-state index in [1.54, 1.807) is 6.08 Å². The zero-order valence-electron chi connectivity index (χ0n) is 13.3. The smallest absolute Gasteiger partial charge is 0.327 e. The normalized spacial score (nSPS) is 17.9.